The molecule has 0 saturated carbocycles. The number of aromatic nitrogens is 1. The van der Waals surface area contributed by atoms with Gasteiger partial charge in [0.25, 0.3) is 5.91 Å². The number of likely N-dealkylation sites (tertiary alicyclic amines) is 1. The topological polar surface area (TPSA) is 51.7 Å². The van der Waals surface area contributed by atoms with E-state index in [0.29, 0.717) is 29.0 Å². The number of rotatable bonds is 5. The van der Waals surface area contributed by atoms with Crippen molar-refractivity contribution in [3.63, 3.8) is 0 Å². The van der Waals surface area contributed by atoms with Crippen LogP contribution in [-0.4, -0.2) is 42.6 Å². The van der Waals surface area contributed by atoms with Gasteiger partial charge in [-0.3, -0.25) is 4.79 Å². The van der Waals surface area contributed by atoms with Gasteiger partial charge in [-0.25, -0.2) is 4.98 Å². The normalized spacial score (nSPS) is 15.4. The summed E-state index contributed by atoms with van der Waals surface area (Å²) in [4.78, 5) is 19.3. The molecule has 122 valence electrons. The van der Waals surface area contributed by atoms with Gasteiger partial charge in [0.05, 0.1) is 13.7 Å². The molecule has 2 aromatic rings. The maximum absolute atomic E-state index is 12.5. The average Bonchev–Trinajstić information content (AvgIpc) is 3.09. The van der Waals surface area contributed by atoms with Gasteiger partial charge in [0.1, 0.15) is 10.6 Å². The number of carbonyl (C=O) groups excluding carboxylic acids is 1. The fourth-order valence-electron chi connectivity index (χ4n) is 2.70. The van der Waals surface area contributed by atoms with Gasteiger partial charge in [-0.05, 0) is 36.3 Å². The summed E-state index contributed by atoms with van der Waals surface area (Å²) in [5.41, 5.74) is 0. The summed E-state index contributed by atoms with van der Waals surface area (Å²) >= 11 is 1.44. The van der Waals surface area contributed by atoms with Crippen LogP contribution in [0.5, 0.6) is 11.6 Å². The third-order valence-electron chi connectivity index (χ3n) is 4.05. The van der Waals surface area contributed by atoms with Crippen molar-refractivity contribution in [2.24, 2.45) is 5.92 Å². The molecule has 0 radical (unpaired) electrons. The van der Waals surface area contributed by atoms with Gasteiger partial charge in [0, 0.05) is 25.4 Å². The zero-order valence-corrected chi connectivity index (χ0v) is 13.9. The molecule has 0 spiro atoms. The Labute approximate surface area is 139 Å². The van der Waals surface area contributed by atoms with Gasteiger partial charge in [0.15, 0.2) is 0 Å². The van der Waals surface area contributed by atoms with E-state index >= 15 is 0 Å². The lowest BCUT2D eigenvalue weighted by Gasteiger charge is -2.31. The van der Waals surface area contributed by atoms with Crippen molar-refractivity contribution in [2.45, 2.75) is 12.8 Å². The summed E-state index contributed by atoms with van der Waals surface area (Å²) in [6, 6.07) is 7.49. The highest BCUT2D eigenvalue weighted by molar-refractivity contribution is 7.12. The molecule has 0 aliphatic carbocycles. The monoisotopic (exact) mass is 332 g/mol. The van der Waals surface area contributed by atoms with E-state index in [1.807, 2.05) is 34.5 Å². The van der Waals surface area contributed by atoms with Crippen molar-refractivity contribution in [3.05, 3.63) is 40.7 Å². The molecule has 0 N–H and O–H groups in total. The number of hydrogen-bond donors (Lipinski definition) is 0. The second-order valence-electron chi connectivity index (χ2n) is 5.53. The first kappa shape index (κ1) is 15.8. The molecule has 3 rings (SSSR count). The average molecular weight is 332 g/mol. The van der Waals surface area contributed by atoms with Crippen LogP contribution in [0.2, 0.25) is 0 Å². The van der Waals surface area contributed by atoms with Crippen LogP contribution in [0.15, 0.2) is 35.8 Å². The first-order valence-electron chi connectivity index (χ1n) is 7.72. The van der Waals surface area contributed by atoms with E-state index in [0.717, 1.165) is 25.9 Å². The maximum atomic E-state index is 12.5. The fourth-order valence-corrected chi connectivity index (χ4v) is 3.52. The predicted octanol–water partition coefficient (Wildman–Crippen LogP) is 3.08. The number of nitrogens with zero attached hydrogens (tertiary/aromatic N) is 2. The summed E-state index contributed by atoms with van der Waals surface area (Å²) < 4.78 is 11.0. The standard InChI is InChI=1S/C17H20N2O3S/c1-21-14-7-11-23-16(14)17(20)19-9-5-13(6-10-19)12-22-15-4-2-3-8-18-15/h2-4,7-8,11,13H,5-6,9-10,12H2,1H3. The minimum Gasteiger partial charge on any atom is -0.495 e. The molecule has 1 saturated heterocycles. The number of carbonyl (C=O) groups is 1. The molecule has 1 aliphatic heterocycles. The minimum absolute atomic E-state index is 0.0703. The lowest BCUT2D eigenvalue weighted by molar-refractivity contribution is 0.0661. The van der Waals surface area contributed by atoms with Gasteiger partial charge >= 0.3 is 0 Å². The molecule has 2 aromatic heterocycles. The number of hydrogen-bond acceptors (Lipinski definition) is 5. The van der Waals surface area contributed by atoms with Crippen molar-refractivity contribution in [3.8, 4) is 11.6 Å². The lowest BCUT2D eigenvalue weighted by Crippen LogP contribution is -2.39. The number of pyridine rings is 1. The summed E-state index contributed by atoms with van der Waals surface area (Å²) in [6.07, 6.45) is 3.63. The van der Waals surface area contributed by atoms with E-state index in [1.54, 1.807) is 13.3 Å². The van der Waals surface area contributed by atoms with Crippen molar-refractivity contribution in [1.29, 1.82) is 0 Å². The Morgan fingerprint density at radius 2 is 2.17 bits per heavy atom. The van der Waals surface area contributed by atoms with Gasteiger partial charge in [-0.15, -0.1) is 11.3 Å². The Hall–Kier alpha value is -2.08. The second kappa shape index (κ2) is 7.46. The Kier molecular flexibility index (Phi) is 5.12. The molecular weight excluding hydrogens is 312 g/mol. The Morgan fingerprint density at radius 3 is 2.87 bits per heavy atom. The van der Waals surface area contributed by atoms with Crippen LogP contribution < -0.4 is 9.47 Å². The number of piperidine rings is 1. The van der Waals surface area contributed by atoms with Crippen LogP contribution in [0.3, 0.4) is 0 Å². The molecule has 1 fully saturated rings. The minimum atomic E-state index is 0.0703. The summed E-state index contributed by atoms with van der Waals surface area (Å²) in [7, 11) is 1.60. The van der Waals surface area contributed by atoms with Crippen LogP contribution in [0.1, 0.15) is 22.5 Å². The molecule has 1 amide bonds. The van der Waals surface area contributed by atoms with E-state index in [1.165, 1.54) is 11.3 Å². The van der Waals surface area contributed by atoms with Crippen molar-refractivity contribution in [1.82, 2.24) is 9.88 Å². The molecule has 5 nitrogen and oxygen atoms in total. The van der Waals surface area contributed by atoms with Crippen molar-refractivity contribution >= 4 is 17.2 Å². The predicted molar refractivity (Wildman–Crippen MR) is 89.2 cm³/mol. The van der Waals surface area contributed by atoms with E-state index in [9.17, 15) is 4.79 Å². The van der Waals surface area contributed by atoms with E-state index in [4.69, 9.17) is 9.47 Å². The Bertz CT molecular complexity index is 636. The van der Waals surface area contributed by atoms with Crippen LogP contribution in [0, 0.1) is 5.92 Å². The zero-order valence-electron chi connectivity index (χ0n) is 13.1. The van der Waals surface area contributed by atoms with E-state index in [-0.39, 0.29) is 5.91 Å². The first-order valence-corrected chi connectivity index (χ1v) is 8.60. The summed E-state index contributed by atoms with van der Waals surface area (Å²) in [5, 5.41) is 1.89. The number of thiophene rings is 1. The quantitative estimate of drug-likeness (QED) is 0.844. The molecule has 6 heteroatoms. The Morgan fingerprint density at radius 1 is 1.35 bits per heavy atom. The SMILES string of the molecule is COc1ccsc1C(=O)N1CCC(COc2ccccn2)CC1. The van der Waals surface area contributed by atoms with E-state index in [2.05, 4.69) is 4.98 Å². The molecule has 0 aromatic carbocycles. The third-order valence-corrected chi connectivity index (χ3v) is 4.93. The Balaban J connectivity index is 1.49. The fraction of sp³-hybridized carbons (Fsp3) is 0.412. The number of amides is 1. The first-order chi connectivity index (χ1) is 11.3. The van der Waals surface area contributed by atoms with Crippen LogP contribution >= 0.6 is 11.3 Å². The molecule has 0 bridgehead atoms. The van der Waals surface area contributed by atoms with Crippen molar-refractivity contribution < 1.29 is 14.3 Å². The molecule has 0 unspecified atom stereocenters. The van der Waals surface area contributed by atoms with Gasteiger partial charge in [-0.2, -0.15) is 0 Å². The maximum Gasteiger partial charge on any atom is 0.267 e. The second-order valence-corrected chi connectivity index (χ2v) is 6.45. The van der Waals surface area contributed by atoms with Crippen LogP contribution in [-0.2, 0) is 0 Å². The summed E-state index contributed by atoms with van der Waals surface area (Å²) in [5.74, 6) is 1.86. The van der Waals surface area contributed by atoms with Gasteiger partial charge in [-0.1, -0.05) is 6.07 Å². The largest absolute Gasteiger partial charge is 0.495 e. The highest BCUT2D eigenvalue weighted by atomic mass is 32.1. The summed E-state index contributed by atoms with van der Waals surface area (Å²) in [6.45, 7) is 2.17. The molecular formula is C17H20N2O3S. The van der Waals surface area contributed by atoms with E-state index < -0.39 is 0 Å². The highest BCUT2D eigenvalue weighted by Crippen LogP contribution is 2.28. The molecule has 0 atom stereocenters. The molecule has 23 heavy (non-hydrogen) atoms. The number of methoxy groups -OCH3 is 1. The number of ether oxygens (including phenoxy) is 2. The van der Waals surface area contributed by atoms with Gasteiger partial charge < -0.3 is 14.4 Å². The molecule has 1 aliphatic rings. The lowest BCUT2D eigenvalue weighted by atomic mass is 9.97. The zero-order chi connectivity index (χ0) is 16.1. The molecule has 3 heterocycles. The van der Waals surface area contributed by atoms with Crippen LogP contribution in [0.25, 0.3) is 0 Å². The third kappa shape index (κ3) is 3.82. The highest BCUT2D eigenvalue weighted by Gasteiger charge is 2.26. The smallest absolute Gasteiger partial charge is 0.267 e. The van der Waals surface area contributed by atoms with Gasteiger partial charge in [0.2, 0.25) is 5.88 Å². The van der Waals surface area contributed by atoms with Crippen molar-refractivity contribution in [2.75, 3.05) is 26.8 Å². The van der Waals surface area contributed by atoms with Crippen LogP contribution in [0.4, 0.5) is 0 Å².